The average molecular weight is 501 g/mol. The highest BCUT2D eigenvalue weighted by Gasteiger charge is 2.20. The van der Waals surface area contributed by atoms with E-state index in [1.807, 2.05) is 4.57 Å². The number of ether oxygens (including phenoxy) is 2. The summed E-state index contributed by atoms with van der Waals surface area (Å²) in [7, 11) is 2.50. The minimum atomic E-state index is -0.627. The van der Waals surface area contributed by atoms with Gasteiger partial charge in [0.2, 0.25) is 5.91 Å². The van der Waals surface area contributed by atoms with Crippen LogP contribution >= 0.6 is 11.8 Å². The van der Waals surface area contributed by atoms with Crippen molar-refractivity contribution in [2.75, 3.05) is 25.3 Å². The molecule has 1 aromatic carbocycles. The highest BCUT2D eigenvalue weighted by molar-refractivity contribution is 7.99. The van der Waals surface area contributed by atoms with Gasteiger partial charge in [0.15, 0.2) is 5.16 Å². The molecule has 1 N–H and O–H groups in total. The quantitative estimate of drug-likeness (QED) is 0.276. The van der Waals surface area contributed by atoms with E-state index in [1.165, 1.54) is 76.3 Å². The molecule has 1 heterocycles. The minimum absolute atomic E-state index is 0.0426. The number of rotatable bonds is 11. The number of allylic oxidation sites excluding steroid dienone is 1. The number of hydrogen-bond acceptors (Lipinski definition) is 8. The van der Waals surface area contributed by atoms with Gasteiger partial charge in [-0.2, -0.15) is 0 Å². The van der Waals surface area contributed by atoms with Crippen LogP contribution in [0.2, 0.25) is 0 Å². The number of nitrogens with zero attached hydrogens (tertiary/aromatic N) is 3. The zero-order chi connectivity index (χ0) is 25.2. The van der Waals surface area contributed by atoms with Crippen molar-refractivity contribution in [1.82, 2.24) is 14.8 Å². The molecule has 35 heavy (non-hydrogen) atoms. The van der Waals surface area contributed by atoms with Crippen LogP contribution in [0.4, 0.5) is 5.69 Å². The molecule has 188 valence electrons. The summed E-state index contributed by atoms with van der Waals surface area (Å²) in [6.45, 7) is 4.40. The molecule has 1 fully saturated rings. The van der Waals surface area contributed by atoms with Crippen molar-refractivity contribution in [3.63, 3.8) is 0 Å². The first kappa shape index (κ1) is 26.5. The van der Waals surface area contributed by atoms with E-state index in [2.05, 4.69) is 22.1 Å². The smallest absolute Gasteiger partial charge is 0.339 e. The SMILES string of the molecule is C=CCn1c(CCC2CCCCC2)nnc1SCC(=O)Nc1cc(C(=O)OC)ccc1C(=O)OC. The average Bonchev–Trinajstić information content (AvgIpc) is 3.27. The second-order valence-corrected chi connectivity index (χ2v) is 9.36. The van der Waals surface area contributed by atoms with Crippen molar-refractivity contribution >= 4 is 35.3 Å². The summed E-state index contributed by atoms with van der Waals surface area (Å²) in [5.41, 5.74) is 0.515. The normalized spacial score (nSPS) is 13.8. The lowest BCUT2D eigenvalue weighted by Gasteiger charge is -2.21. The van der Waals surface area contributed by atoms with Crippen LogP contribution in [0.5, 0.6) is 0 Å². The van der Waals surface area contributed by atoms with Crippen LogP contribution in [0.25, 0.3) is 0 Å². The van der Waals surface area contributed by atoms with Gasteiger partial charge in [0.1, 0.15) is 5.82 Å². The molecule has 1 amide bonds. The first-order chi connectivity index (χ1) is 17.0. The van der Waals surface area contributed by atoms with Gasteiger partial charge in [-0.3, -0.25) is 4.79 Å². The standard InChI is InChI=1S/C25H32N4O5S/c1-4-14-29-21(13-10-17-8-6-5-7-9-17)27-28-25(29)35-16-22(30)26-20-15-18(23(31)33-2)11-12-19(20)24(32)34-3/h4,11-12,15,17H,1,5-10,13-14,16H2,2-3H3,(H,26,30). The van der Waals surface area contributed by atoms with E-state index in [-0.39, 0.29) is 28.5 Å². The summed E-state index contributed by atoms with van der Waals surface area (Å²) in [6, 6.07) is 4.25. The first-order valence-corrected chi connectivity index (χ1v) is 12.7. The monoisotopic (exact) mass is 500 g/mol. The minimum Gasteiger partial charge on any atom is -0.465 e. The number of benzene rings is 1. The van der Waals surface area contributed by atoms with Crippen LogP contribution in [-0.2, 0) is 27.2 Å². The molecule has 0 unspecified atom stereocenters. The zero-order valence-electron chi connectivity index (χ0n) is 20.2. The van der Waals surface area contributed by atoms with Crippen molar-refractivity contribution in [2.45, 2.75) is 56.6 Å². The fourth-order valence-electron chi connectivity index (χ4n) is 4.23. The third-order valence-electron chi connectivity index (χ3n) is 6.06. The Hall–Kier alpha value is -3.14. The summed E-state index contributed by atoms with van der Waals surface area (Å²) < 4.78 is 11.5. The fraction of sp³-hybridized carbons (Fsp3) is 0.480. The number of methoxy groups -OCH3 is 2. The highest BCUT2D eigenvalue weighted by atomic mass is 32.2. The Morgan fingerprint density at radius 2 is 1.89 bits per heavy atom. The van der Waals surface area contributed by atoms with Gasteiger partial charge in [-0.25, -0.2) is 9.59 Å². The summed E-state index contributed by atoms with van der Waals surface area (Å²) in [6.07, 6.45) is 10.2. The Balaban J connectivity index is 1.66. The second kappa shape index (κ2) is 13.1. The molecule has 2 aromatic rings. The molecule has 0 spiro atoms. The summed E-state index contributed by atoms with van der Waals surface area (Å²) in [5.74, 6) is 0.115. The zero-order valence-corrected chi connectivity index (χ0v) is 21.1. The number of aromatic nitrogens is 3. The lowest BCUT2D eigenvalue weighted by molar-refractivity contribution is -0.113. The predicted octanol–water partition coefficient (Wildman–Crippen LogP) is 4.28. The molecule has 0 atom stereocenters. The second-order valence-electron chi connectivity index (χ2n) is 8.42. The van der Waals surface area contributed by atoms with E-state index < -0.39 is 11.9 Å². The first-order valence-electron chi connectivity index (χ1n) is 11.7. The van der Waals surface area contributed by atoms with Crippen LogP contribution in [0.3, 0.4) is 0 Å². The van der Waals surface area contributed by atoms with Crippen LogP contribution in [0.15, 0.2) is 36.0 Å². The Morgan fingerprint density at radius 3 is 2.57 bits per heavy atom. The maximum absolute atomic E-state index is 12.7. The lowest BCUT2D eigenvalue weighted by Crippen LogP contribution is -2.18. The number of anilines is 1. The molecule has 0 bridgehead atoms. The highest BCUT2D eigenvalue weighted by Crippen LogP contribution is 2.28. The number of hydrogen-bond donors (Lipinski definition) is 1. The van der Waals surface area contributed by atoms with Crippen molar-refractivity contribution in [2.24, 2.45) is 5.92 Å². The molecular weight excluding hydrogens is 468 g/mol. The number of carbonyl (C=O) groups is 3. The van der Waals surface area contributed by atoms with Crippen molar-refractivity contribution in [1.29, 1.82) is 0 Å². The largest absolute Gasteiger partial charge is 0.465 e. The molecule has 1 aliphatic carbocycles. The number of aryl methyl sites for hydroxylation is 1. The van der Waals surface area contributed by atoms with Gasteiger partial charge in [-0.05, 0) is 30.5 Å². The number of amides is 1. The Morgan fingerprint density at radius 1 is 1.14 bits per heavy atom. The third kappa shape index (κ3) is 7.17. The number of carbonyl (C=O) groups excluding carboxylic acids is 3. The molecule has 9 nitrogen and oxygen atoms in total. The van der Waals surface area contributed by atoms with Gasteiger partial charge < -0.3 is 19.4 Å². The van der Waals surface area contributed by atoms with Crippen LogP contribution in [0, 0.1) is 5.92 Å². The molecule has 1 saturated carbocycles. The van der Waals surface area contributed by atoms with Gasteiger partial charge in [-0.15, -0.1) is 16.8 Å². The van der Waals surface area contributed by atoms with Crippen LogP contribution in [-0.4, -0.2) is 52.6 Å². The van der Waals surface area contributed by atoms with Gasteiger partial charge in [0.05, 0.1) is 36.8 Å². The van der Waals surface area contributed by atoms with E-state index in [9.17, 15) is 14.4 Å². The van der Waals surface area contributed by atoms with E-state index in [1.54, 1.807) is 6.08 Å². The van der Waals surface area contributed by atoms with E-state index in [0.29, 0.717) is 11.7 Å². The molecule has 3 rings (SSSR count). The Labute approximate surface area is 209 Å². The Kier molecular flexibility index (Phi) is 9.89. The van der Waals surface area contributed by atoms with Crippen molar-refractivity contribution in [3.8, 4) is 0 Å². The maximum atomic E-state index is 12.7. The molecule has 10 heteroatoms. The van der Waals surface area contributed by atoms with Crippen molar-refractivity contribution in [3.05, 3.63) is 47.8 Å². The summed E-state index contributed by atoms with van der Waals surface area (Å²) >= 11 is 1.25. The van der Waals surface area contributed by atoms with Gasteiger partial charge in [0.25, 0.3) is 0 Å². The summed E-state index contributed by atoms with van der Waals surface area (Å²) in [5, 5.41) is 12.0. The van der Waals surface area contributed by atoms with E-state index in [4.69, 9.17) is 9.47 Å². The van der Waals surface area contributed by atoms with Crippen molar-refractivity contribution < 1.29 is 23.9 Å². The third-order valence-corrected chi connectivity index (χ3v) is 7.03. The number of thioether (sulfide) groups is 1. The molecular formula is C25H32N4O5S. The van der Waals surface area contributed by atoms with E-state index >= 15 is 0 Å². The fourth-order valence-corrected chi connectivity index (χ4v) is 5.00. The molecule has 0 radical (unpaired) electrons. The summed E-state index contributed by atoms with van der Waals surface area (Å²) in [4.78, 5) is 36.7. The van der Waals surface area contributed by atoms with Crippen LogP contribution < -0.4 is 5.32 Å². The van der Waals surface area contributed by atoms with Crippen LogP contribution in [0.1, 0.15) is 65.1 Å². The van der Waals surface area contributed by atoms with Gasteiger partial charge in [0, 0.05) is 13.0 Å². The molecule has 1 aliphatic rings. The number of esters is 2. The van der Waals surface area contributed by atoms with E-state index in [0.717, 1.165) is 24.6 Å². The molecule has 1 aromatic heterocycles. The molecule has 0 aliphatic heterocycles. The maximum Gasteiger partial charge on any atom is 0.339 e. The van der Waals surface area contributed by atoms with Gasteiger partial charge in [-0.1, -0.05) is 49.9 Å². The topological polar surface area (TPSA) is 112 Å². The Bertz CT molecular complexity index is 1060. The number of nitrogens with one attached hydrogen (secondary N) is 1. The van der Waals surface area contributed by atoms with Gasteiger partial charge >= 0.3 is 11.9 Å². The lowest BCUT2D eigenvalue weighted by atomic mass is 9.86. The molecule has 0 saturated heterocycles. The predicted molar refractivity (Wildman–Crippen MR) is 134 cm³/mol.